The summed E-state index contributed by atoms with van der Waals surface area (Å²) >= 11 is 0. The summed E-state index contributed by atoms with van der Waals surface area (Å²) in [6, 6.07) is 4.57. The molecule has 0 saturated heterocycles. The Morgan fingerprint density at radius 3 is 2.74 bits per heavy atom. The number of aliphatic hydroxyl groups excluding tert-OH is 1. The van der Waals surface area contributed by atoms with Crippen molar-refractivity contribution in [1.29, 1.82) is 0 Å². The fraction of sp³-hybridized carbons (Fsp3) is 0.600. The van der Waals surface area contributed by atoms with Gasteiger partial charge in [-0.15, -0.1) is 0 Å². The van der Waals surface area contributed by atoms with Gasteiger partial charge in [-0.2, -0.15) is 0 Å². The van der Waals surface area contributed by atoms with E-state index in [9.17, 15) is 9.50 Å². The summed E-state index contributed by atoms with van der Waals surface area (Å²) < 4.78 is 24.2. The van der Waals surface area contributed by atoms with E-state index < -0.39 is 11.9 Å². The van der Waals surface area contributed by atoms with Crippen molar-refractivity contribution in [3.8, 4) is 5.75 Å². The minimum absolute atomic E-state index is 0.322. The van der Waals surface area contributed by atoms with Crippen molar-refractivity contribution in [2.24, 2.45) is 5.92 Å². The van der Waals surface area contributed by atoms with Crippen LogP contribution in [0.25, 0.3) is 0 Å². The van der Waals surface area contributed by atoms with Crippen molar-refractivity contribution in [2.75, 3.05) is 13.7 Å². The predicted molar refractivity (Wildman–Crippen MR) is 70.7 cm³/mol. The zero-order valence-electron chi connectivity index (χ0n) is 11.4. The van der Waals surface area contributed by atoms with E-state index in [1.807, 2.05) is 6.92 Å². The van der Waals surface area contributed by atoms with E-state index in [2.05, 4.69) is 0 Å². The lowest BCUT2D eigenvalue weighted by Gasteiger charge is -2.36. The highest BCUT2D eigenvalue weighted by atomic mass is 19.1. The Morgan fingerprint density at radius 1 is 1.42 bits per heavy atom. The molecule has 2 rings (SSSR count). The first-order chi connectivity index (χ1) is 9.13. The monoisotopic (exact) mass is 268 g/mol. The third-order valence-electron chi connectivity index (χ3n) is 3.72. The predicted octanol–water partition coefficient (Wildman–Crippen LogP) is 3.07. The van der Waals surface area contributed by atoms with Crippen LogP contribution in [0.15, 0.2) is 18.2 Å². The highest BCUT2D eigenvalue weighted by Crippen LogP contribution is 2.37. The second-order valence-corrected chi connectivity index (χ2v) is 5.05. The van der Waals surface area contributed by atoms with Crippen molar-refractivity contribution in [3.63, 3.8) is 0 Å². The molecule has 3 nitrogen and oxygen atoms in total. The molecule has 0 heterocycles. The molecule has 1 aliphatic carbocycles. The Hall–Kier alpha value is -1.13. The molecular weight excluding hydrogens is 247 g/mol. The number of halogens is 1. The fourth-order valence-corrected chi connectivity index (χ4v) is 2.59. The van der Waals surface area contributed by atoms with E-state index in [4.69, 9.17) is 9.47 Å². The number of methoxy groups -OCH3 is 1. The maximum Gasteiger partial charge on any atom is 0.132 e. The van der Waals surface area contributed by atoms with Crippen LogP contribution in [-0.2, 0) is 4.74 Å². The molecule has 1 saturated carbocycles. The normalized spacial score (nSPS) is 23.8. The molecular formula is C15H21FO3. The summed E-state index contributed by atoms with van der Waals surface area (Å²) in [4.78, 5) is 0. The van der Waals surface area contributed by atoms with Gasteiger partial charge in [0.1, 0.15) is 11.6 Å². The van der Waals surface area contributed by atoms with Gasteiger partial charge in [0.2, 0.25) is 0 Å². The summed E-state index contributed by atoms with van der Waals surface area (Å²) in [5.41, 5.74) is 0.348. The lowest BCUT2D eigenvalue weighted by molar-refractivity contribution is -0.0382. The number of aliphatic hydroxyl groups is 1. The maximum absolute atomic E-state index is 13.8. The first-order valence-corrected chi connectivity index (χ1v) is 6.77. The van der Waals surface area contributed by atoms with E-state index in [1.54, 1.807) is 12.1 Å². The Bertz CT molecular complexity index is 416. The molecule has 1 N–H and O–H groups in total. The third kappa shape index (κ3) is 3.45. The Morgan fingerprint density at radius 2 is 2.16 bits per heavy atom. The highest BCUT2D eigenvalue weighted by Gasteiger charge is 2.31. The largest absolute Gasteiger partial charge is 0.497 e. The van der Waals surface area contributed by atoms with Crippen LogP contribution in [0.2, 0.25) is 0 Å². The van der Waals surface area contributed by atoms with Crippen molar-refractivity contribution in [3.05, 3.63) is 29.6 Å². The van der Waals surface area contributed by atoms with Crippen LogP contribution in [0.5, 0.6) is 5.75 Å². The molecule has 1 aliphatic rings. The Labute approximate surface area is 113 Å². The van der Waals surface area contributed by atoms with Crippen LogP contribution < -0.4 is 4.74 Å². The summed E-state index contributed by atoms with van der Waals surface area (Å²) in [7, 11) is 1.49. The summed E-state index contributed by atoms with van der Waals surface area (Å²) in [6.07, 6.45) is 2.08. The van der Waals surface area contributed by atoms with E-state index >= 15 is 0 Å². The quantitative estimate of drug-likeness (QED) is 0.861. The molecule has 1 atom stereocenters. The Balaban J connectivity index is 1.88. The van der Waals surface area contributed by atoms with E-state index in [0.717, 1.165) is 19.4 Å². The average molecular weight is 268 g/mol. The second kappa shape index (κ2) is 6.35. The summed E-state index contributed by atoms with van der Waals surface area (Å²) in [6.45, 7) is 2.71. The maximum atomic E-state index is 13.8. The number of hydrogen-bond donors (Lipinski definition) is 1. The number of hydrogen-bond acceptors (Lipinski definition) is 3. The van der Waals surface area contributed by atoms with E-state index in [-0.39, 0.29) is 0 Å². The van der Waals surface area contributed by atoms with Crippen molar-refractivity contribution in [2.45, 2.75) is 38.4 Å². The first-order valence-electron chi connectivity index (χ1n) is 6.77. The average Bonchev–Trinajstić information content (AvgIpc) is 2.35. The van der Waals surface area contributed by atoms with Crippen LogP contribution in [0.3, 0.4) is 0 Å². The van der Waals surface area contributed by atoms with E-state index in [1.165, 1.54) is 13.2 Å². The van der Waals surface area contributed by atoms with Crippen LogP contribution in [-0.4, -0.2) is 24.9 Å². The fourth-order valence-electron chi connectivity index (χ4n) is 2.59. The van der Waals surface area contributed by atoms with E-state index in [0.29, 0.717) is 29.8 Å². The van der Waals surface area contributed by atoms with Gasteiger partial charge < -0.3 is 14.6 Å². The molecule has 106 valence electrons. The van der Waals surface area contributed by atoms with Crippen molar-refractivity contribution in [1.82, 2.24) is 0 Å². The van der Waals surface area contributed by atoms with Gasteiger partial charge in [-0.25, -0.2) is 4.39 Å². The van der Waals surface area contributed by atoms with Crippen molar-refractivity contribution >= 4 is 0 Å². The number of ether oxygens (including phenoxy) is 2. The minimum Gasteiger partial charge on any atom is -0.497 e. The first kappa shape index (κ1) is 14.3. The molecule has 1 aromatic rings. The van der Waals surface area contributed by atoms with Gasteiger partial charge in [0.25, 0.3) is 0 Å². The molecule has 1 fully saturated rings. The zero-order valence-corrected chi connectivity index (χ0v) is 11.4. The van der Waals surface area contributed by atoms with Crippen LogP contribution in [0, 0.1) is 11.7 Å². The molecule has 1 aromatic carbocycles. The van der Waals surface area contributed by atoms with Gasteiger partial charge in [0.05, 0.1) is 19.3 Å². The Kier molecular flexibility index (Phi) is 4.77. The van der Waals surface area contributed by atoms with Gasteiger partial charge in [0, 0.05) is 18.2 Å². The molecule has 0 amide bonds. The SMILES string of the molecule is CCOC1CC(CC(O)c2ccc(OC)cc2F)C1. The highest BCUT2D eigenvalue weighted by molar-refractivity contribution is 5.30. The zero-order chi connectivity index (χ0) is 13.8. The topological polar surface area (TPSA) is 38.7 Å². The second-order valence-electron chi connectivity index (χ2n) is 5.05. The molecule has 0 aliphatic heterocycles. The standard InChI is InChI=1S/C15H21FO3/c1-3-19-12-6-10(7-12)8-15(17)13-5-4-11(18-2)9-14(13)16/h4-5,9-10,12,15,17H,3,6-8H2,1-2H3. The molecule has 0 spiro atoms. The molecule has 0 bridgehead atoms. The third-order valence-corrected chi connectivity index (χ3v) is 3.72. The summed E-state index contributed by atoms with van der Waals surface area (Å²) in [5, 5.41) is 10.1. The number of benzene rings is 1. The van der Waals surface area contributed by atoms with Crippen LogP contribution in [0.1, 0.15) is 37.9 Å². The molecule has 4 heteroatoms. The molecule has 0 aromatic heterocycles. The lowest BCUT2D eigenvalue weighted by atomic mass is 9.78. The number of rotatable bonds is 6. The molecule has 19 heavy (non-hydrogen) atoms. The molecule has 1 unspecified atom stereocenters. The van der Waals surface area contributed by atoms with Crippen LogP contribution >= 0.6 is 0 Å². The molecule has 0 radical (unpaired) electrons. The van der Waals surface area contributed by atoms with Gasteiger partial charge in [0.15, 0.2) is 0 Å². The van der Waals surface area contributed by atoms with Crippen LogP contribution in [0.4, 0.5) is 4.39 Å². The summed E-state index contributed by atoms with van der Waals surface area (Å²) in [5.74, 6) is 0.481. The van der Waals surface area contributed by atoms with Gasteiger partial charge in [-0.3, -0.25) is 0 Å². The van der Waals surface area contributed by atoms with Gasteiger partial charge in [-0.1, -0.05) is 0 Å². The minimum atomic E-state index is -0.751. The lowest BCUT2D eigenvalue weighted by Crippen LogP contribution is -2.32. The van der Waals surface area contributed by atoms with Gasteiger partial charge >= 0.3 is 0 Å². The van der Waals surface area contributed by atoms with Crippen molar-refractivity contribution < 1.29 is 19.0 Å². The van der Waals surface area contributed by atoms with Gasteiger partial charge in [-0.05, 0) is 44.2 Å². The smallest absolute Gasteiger partial charge is 0.132 e.